The van der Waals surface area contributed by atoms with Crippen molar-refractivity contribution in [1.82, 2.24) is 25.1 Å². The summed E-state index contributed by atoms with van der Waals surface area (Å²) in [7, 11) is 3.94. The Balaban J connectivity index is 1.21. The van der Waals surface area contributed by atoms with Crippen LogP contribution in [0.1, 0.15) is 10.4 Å². The molecule has 3 heterocycles. The van der Waals surface area contributed by atoms with E-state index in [-0.39, 0.29) is 11.7 Å². The van der Waals surface area contributed by atoms with E-state index in [0.29, 0.717) is 23.6 Å². The minimum absolute atomic E-state index is 0.198. The van der Waals surface area contributed by atoms with Crippen LogP contribution in [0.3, 0.4) is 0 Å². The molecule has 0 saturated heterocycles. The Kier molecular flexibility index (Phi) is 7.74. The Labute approximate surface area is 264 Å². The van der Waals surface area contributed by atoms with Gasteiger partial charge in [0.2, 0.25) is 0 Å². The Bertz CT molecular complexity index is 2190. The van der Waals surface area contributed by atoms with E-state index in [1.807, 2.05) is 85.7 Å². The van der Waals surface area contributed by atoms with E-state index in [1.54, 1.807) is 24.5 Å². The van der Waals surface area contributed by atoms with Gasteiger partial charge in [-0.3, -0.25) is 14.9 Å². The number of aromatic nitrogens is 4. The molecule has 0 radical (unpaired) electrons. The number of nitrogens with one attached hydrogen (secondary N) is 3. The van der Waals surface area contributed by atoms with Crippen molar-refractivity contribution < 1.29 is 13.9 Å². The average molecular weight is 611 g/mol. The molecule has 0 unspecified atom stereocenters. The molecule has 0 atom stereocenters. The molecule has 228 valence electrons. The Morgan fingerprint density at radius 3 is 2.57 bits per heavy atom. The fraction of sp³-hybridized carbons (Fsp3) is 0.108. The molecule has 0 aliphatic heterocycles. The average Bonchev–Trinajstić information content (AvgIpc) is 3.69. The standard InChI is InChI=1S/C37H31FN6O2/c1-44(2)13-14-46-29-17-25(15-27(38)19-29)30-9-6-10-33-31(30)20-35(41-33)36-32-18-24(11-12-34(32)42-43-36)26-16-28(22-39-21-26)40-37(45)23-7-4-3-5-8-23/h3-12,15-22,41H,13-14H2,1-2H3,(H,40,45)(H,42,43). The number of ether oxygens (including phenoxy) is 1. The first-order chi connectivity index (χ1) is 22.4. The number of likely N-dealkylation sites (N-methyl/N-ethyl adjacent to an activating group) is 1. The number of nitrogens with zero attached hydrogens (tertiary/aromatic N) is 3. The molecule has 46 heavy (non-hydrogen) atoms. The van der Waals surface area contributed by atoms with Crippen molar-refractivity contribution in [3.63, 3.8) is 0 Å². The van der Waals surface area contributed by atoms with Crippen molar-refractivity contribution in [2.24, 2.45) is 0 Å². The molecular weight excluding hydrogens is 579 g/mol. The second-order valence-electron chi connectivity index (χ2n) is 11.4. The summed E-state index contributed by atoms with van der Waals surface area (Å²) in [6.07, 6.45) is 3.40. The van der Waals surface area contributed by atoms with Crippen LogP contribution in [0.4, 0.5) is 10.1 Å². The minimum Gasteiger partial charge on any atom is -0.492 e. The van der Waals surface area contributed by atoms with Crippen LogP contribution in [-0.2, 0) is 0 Å². The van der Waals surface area contributed by atoms with Gasteiger partial charge in [0.1, 0.15) is 23.9 Å². The first kappa shape index (κ1) is 28.9. The lowest BCUT2D eigenvalue weighted by Crippen LogP contribution is -2.19. The van der Waals surface area contributed by atoms with E-state index in [4.69, 9.17) is 4.74 Å². The predicted octanol–water partition coefficient (Wildman–Crippen LogP) is 7.77. The maximum atomic E-state index is 14.7. The van der Waals surface area contributed by atoms with Crippen molar-refractivity contribution in [2.45, 2.75) is 0 Å². The summed E-state index contributed by atoms with van der Waals surface area (Å²) in [4.78, 5) is 22.6. The molecule has 7 rings (SSSR count). The monoisotopic (exact) mass is 610 g/mol. The van der Waals surface area contributed by atoms with Gasteiger partial charge in [-0.2, -0.15) is 5.10 Å². The van der Waals surface area contributed by atoms with Gasteiger partial charge in [0.15, 0.2) is 0 Å². The highest BCUT2D eigenvalue weighted by molar-refractivity contribution is 6.05. The third-order valence-electron chi connectivity index (χ3n) is 7.84. The van der Waals surface area contributed by atoms with E-state index >= 15 is 0 Å². The lowest BCUT2D eigenvalue weighted by atomic mass is 10.0. The summed E-state index contributed by atoms with van der Waals surface area (Å²) in [6.45, 7) is 1.19. The first-order valence-corrected chi connectivity index (χ1v) is 14.9. The van der Waals surface area contributed by atoms with Gasteiger partial charge in [-0.25, -0.2) is 4.39 Å². The summed E-state index contributed by atoms with van der Waals surface area (Å²) in [6, 6.07) is 29.8. The van der Waals surface area contributed by atoms with Crippen LogP contribution in [0.5, 0.6) is 5.75 Å². The number of fused-ring (bicyclic) bond motifs is 2. The number of aromatic amines is 2. The van der Waals surface area contributed by atoms with E-state index in [9.17, 15) is 9.18 Å². The van der Waals surface area contributed by atoms with Crippen molar-refractivity contribution in [1.29, 1.82) is 0 Å². The summed E-state index contributed by atoms with van der Waals surface area (Å²) < 4.78 is 20.6. The van der Waals surface area contributed by atoms with Crippen LogP contribution in [-0.4, -0.2) is 58.2 Å². The van der Waals surface area contributed by atoms with Crippen LogP contribution >= 0.6 is 0 Å². The van der Waals surface area contributed by atoms with Crippen LogP contribution in [0.15, 0.2) is 109 Å². The summed E-state index contributed by atoms with van der Waals surface area (Å²) in [5.41, 5.74) is 7.95. The Morgan fingerprint density at radius 2 is 1.72 bits per heavy atom. The van der Waals surface area contributed by atoms with E-state index in [0.717, 1.165) is 62.0 Å². The molecule has 0 aliphatic rings. The summed E-state index contributed by atoms with van der Waals surface area (Å²) in [5.74, 6) is -0.0561. The lowest BCUT2D eigenvalue weighted by Gasteiger charge is -2.12. The Morgan fingerprint density at radius 1 is 0.848 bits per heavy atom. The minimum atomic E-state index is -0.353. The number of halogens is 1. The van der Waals surface area contributed by atoms with Crippen LogP contribution < -0.4 is 10.1 Å². The number of H-pyrrole nitrogens is 2. The highest BCUT2D eigenvalue weighted by Crippen LogP contribution is 2.36. The van der Waals surface area contributed by atoms with Crippen molar-refractivity contribution in [3.05, 3.63) is 121 Å². The summed E-state index contributed by atoms with van der Waals surface area (Å²) in [5, 5.41) is 12.6. The fourth-order valence-corrected chi connectivity index (χ4v) is 5.54. The van der Waals surface area contributed by atoms with Gasteiger partial charge in [0, 0.05) is 46.2 Å². The maximum absolute atomic E-state index is 14.7. The van der Waals surface area contributed by atoms with E-state index in [2.05, 4.69) is 31.5 Å². The van der Waals surface area contributed by atoms with Crippen molar-refractivity contribution >= 4 is 33.4 Å². The molecule has 0 spiro atoms. The molecule has 0 fully saturated rings. The second-order valence-corrected chi connectivity index (χ2v) is 11.4. The second kappa shape index (κ2) is 12.3. The van der Waals surface area contributed by atoms with Gasteiger partial charge in [-0.05, 0) is 85.4 Å². The van der Waals surface area contributed by atoms with Crippen LogP contribution in [0, 0.1) is 5.82 Å². The first-order valence-electron chi connectivity index (χ1n) is 14.9. The van der Waals surface area contributed by atoms with Gasteiger partial charge in [-0.1, -0.05) is 36.4 Å². The molecule has 4 aromatic carbocycles. The molecule has 7 aromatic rings. The van der Waals surface area contributed by atoms with Crippen LogP contribution in [0.2, 0.25) is 0 Å². The van der Waals surface area contributed by atoms with E-state index < -0.39 is 0 Å². The van der Waals surface area contributed by atoms with Gasteiger partial charge in [0.05, 0.1) is 23.1 Å². The predicted molar refractivity (Wildman–Crippen MR) is 180 cm³/mol. The molecule has 3 aromatic heterocycles. The molecule has 3 N–H and O–H groups in total. The molecule has 0 aliphatic carbocycles. The number of benzene rings is 4. The molecule has 9 heteroatoms. The van der Waals surface area contributed by atoms with Gasteiger partial charge in [0.25, 0.3) is 5.91 Å². The molecule has 1 amide bonds. The van der Waals surface area contributed by atoms with Crippen LogP contribution in [0.25, 0.3) is 55.4 Å². The molecule has 0 bridgehead atoms. The number of hydrogen-bond acceptors (Lipinski definition) is 5. The smallest absolute Gasteiger partial charge is 0.255 e. The van der Waals surface area contributed by atoms with Crippen molar-refractivity contribution in [2.75, 3.05) is 32.6 Å². The van der Waals surface area contributed by atoms with E-state index in [1.165, 1.54) is 12.1 Å². The highest BCUT2D eigenvalue weighted by Gasteiger charge is 2.16. The molecule has 0 saturated carbocycles. The quantitative estimate of drug-likeness (QED) is 0.155. The zero-order valence-electron chi connectivity index (χ0n) is 25.3. The largest absolute Gasteiger partial charge is 0.492 e. The number of carbonyl (C=O) groups excluding carboxylic acids is 1. The number of anilines is 1. The fourth-order valence-electron chi connectivity index (χ4n) is 5.54. The van der Waals surface area contributed by atoms with Gasteiger partial charge in [-0.15, -0.1) is 0 Å². The molecular formula is C37H31FN6O2. The SMILES string of the molecule is CN(C)CCOc1cc(F)cc(-c2cccc3[nH]c(-c4n[nH]c5ccc(-c6cncc(NC(=O)c7ccccc7)c6)cc45)cc23)c1. The highest BCUT2D eigenvalue weighted by atomic mass is 19.1. The normalized spacial score (nSPS) is 11.4. The van der Waals surface area contributed by atoms with Crippen molar-refractivity contribution in [3.8, 4) is 39.4 Å². The lowest BCUT2D eigenvalue weighted by molar-refractivity contribution is 0.102. The number of rotatable bonds is 9. The zero-order valence-corrected chi connectivity index (χ0v) is 25.3. The molecule has 8 nitrogen and oxygen atoms in total. The van der Waals surface area contributed by atoms with Gasteiger partial charge < -0.3 is 19.9 Å². The number of amides is 1. The van der Waals surface area contributed by atoms with Gasteiger partial charge >= 0.3 is 0 Å². The third kappa shape index (κ3) is 5.96. The summed E-state index contributed by atoms with van der Waals surface area (Å²) >= 11 is 0. The number of hydrogen-bond donors (Lipinski definition) is 3. The topological polar surface area (TPSA) is 98.9 Å². The Hall–Kier alpha value is -5.80. The zero-order chi connectivity index (χ0) is 31.6. The maximum Gasteiger partial charge on any atom is 0.255 e. The number of carbonyl (C=O) groups is 1. The number of pyridine rings is 1. The third-order valence-corrected chi connectivity index (χ3v) is 7.84.